The van der Waals surface area contributed by atoms with Crippen LogP contribution in [0.3, 0.4) is 0 Å². The summed E-state index contributed by atoms with van der Waals surface area (Å²) in [5.74, 6) is -4.81. The summed E-state index contributed by atoms with van der Waals surface area (Å²) in [6, 6.07) is 2.45. The molecule has 0 saturated heterocycles. The Kier molecular flexibility index (Phi) is 11.5. The van der Waals surface area contributed by atoms with E-state index in [4.69, 9.17) is 10.8 Å². The van der Waals surface area contributed by atoms with Gasteiger partial charge >= 0.3 is 11.9 Å². The molecular weight excluding hydrogens is 448 g/mol. The minimum Gasteiger partial charge on any atom is -0.508 e. The summed E-state index contributed by atoms with van der Waals surface area (Å²) in [6.45, 7) is 2.94. The van der Waals surface area contributed by atoms with Crippen LogP contribution in [-0.2, 0) is 30.4 Å². The van der Waals surface area contributed by atoms with Gasteiger partial charge in [0.15, 0.2) is 0 Å². The number of phenolic OH excluding ortho intramolecular Hbond substituents is 1. The lowest BCUT2D eigenvalue weighted by atomic mass is 9.99. The van der Waals surface area contributed by atoms with E-state index in [-0.39, 0.29) is 30.9 Å². The quantitative estimate of drug-likeness (QED) is 0.180. The Labute approximate surface area is 196 Å². The Morgan fingerprint density at radius 3 is 2.15 bits per heavy atom. The Balaban J connectivity index is 2.85. The number of hydrogen-bond donors (Lipinski definition) is 7. The number of carboxylic acid groups (broad SMARTS) is 2. The second kappa shape index (κ2) is 13.8. The molecular formula is C22H32N4O8. The second-order valence-corrected chi connectivity index (χ2v) is 7.96. The van der Waals surface area contributed by atoms with Crippen molar-refractivity contribution in [3.05, 3.63) is 29.8 Å². The molecule has 12 heteroatoms. The van der Waals surface area contributed by atoms with Gasteiger partial charge in [0.2, 0.25) is 17.7 Å². The van der Waals surface area contributed by atoms with Gasteiger partial charge in [-0.05, 0) is 30.0 Å². The fraction of sp³-hybridized carbons (Fsp3) is 0.500. The van der Waals surface area contributed by atoms with Crippen LogP contribution in [0.15, 0.2) is 24.3 Å². The molecule has 0 aromatic heterocycles. The standard InChI is InChI=1S/C22H32N4O8/c1-3-12(2)19(22(33)34)26-17(28)11-24-21(32)16(10-13-4-6-14(27)7-5-13)25-20(31)15(23)8-9-18(29)30/h4-7,12,15-16,19,27H,3,8-11,23H2,1-2H3,(H,24,32)(H,25,31)(H,26,28)(H,29,30)(H,33,34). The molecule has 0 spiro atoms. The van der Waals surface area contributed by atoms with Crippen LogP contribution in [-0.4, -0.2) is 69.7 Å². The molecule has 3 amide bonds. The molecule has 4 atom stereocenters. The van der Waals surface area contributed by atoms with Crippen molar-refractivity contribution in [2.45, 2.75) is 57.7 Å². The number of phenols is 1. The molecule has 188 valence electrons. The van der Waals surface area contributed by atoms with E-state index >= 15 is 0 Å². The van der Waals surface area contributed by atoms with E-state index in [1.165, 1.54) is 12.1 Å². The maximum atomic E-state index is 12.7. The van der Waals surface area contributed by atoms with E-state index in [2.05, 4.69) is 16.0 Å². The largest absolute Gasteiger partial charge is 0.508 e. The Morgan fingerprint density at radius 2 is 1.62 bits per heavy atom. The maximum absolute atomic E-state index is 12.7. The lowest BCUT2D eigenvalue weighted by molar-refractivity contribution is -0.143. The van der Waals surface area contributed by atoms with E-state index in [1.807, 2.05) is 0 Å². The van der Waals surface area contributed by atoms with Crippen LogP contribution in [0, 0.1) is 5.92 Å². The molecule has 0 aliphatic carbocycles. The zero-order chi connectivity index (χ0) is 25.8. The number of carbonyl (C=O) groups excluding carboxylic acids is 3. The highest BCUT2D eigenvalue weighted by Crippen LogP contribution is 2.12. The van der Waals surface area contributed by atoms with Gasteiger partial charge in [-0.25, -0.2) is 4.79 Å². The lowest BCUT2D eigenvalue weighted by Crippen LogP contribution is -2.54. The molecule has 0 saturated carbocycles. The average molecular weight is 481 g/mol. The minimum atomic E-state index is -1.19. The normalized spacial score (nSPS) is 14.2. The average Bonchev–Trinajstić information content (AvgIpc) is 2.79. The number of aromatic hydroxyl groups is 1. The first-order valence-electron chi connectivity index (χ1n) is 10.8. The summed E-state index contributed by atoms with van der Waals surface area (Å²) in [6.07, 6.45) is 0.0516. The number of nitrogens with one attached hydrogen (secondary N) is 3. The van der Waals surface area contributed by atoms with E-state index in [0.29, 0.717) is 12.0 Å². The number of rotatable bonds is 14. The Morgan fingerprint density at radius 1 is 1.00 bits per heavy atom. The maximum Gasteiger partial charge on any atom is 0.326 e. The van der Waals surface area contributed by atoms with Gasteiger partial charge in [-0.15, -0.1) is 0 Å². The number of amides is 3. The summed E-state index contributed by atoms with van der Waals surface area (Å²) >= 11 is 0. The summed E-state index contributed by atoms with van der Waals surface area (Å²) in [7, 11) is 0. The molecule has 1 aromatic carbocycles. The molecule has 4 unspecified atom stereocenters. The van der Waals surface area contributed by atoms with Crippen LogP contribution in [0.2, 0.25) is 0 Å². The fourth-order valence-electron chi connectivity index (χ4n) is 2.96. The molecule has 12 nitrogen and oxygen atoms in total. The number of benzene rings is 1. The molecule has 0 heterocycles. The first-order chi connectivity index (χ1) is 15.9. The smallest absolute Gasteiger partial charge is 0.326 e. The first-order valence-corrected chi connectivity index (χ1v) is 10.8. The Bertz CT molecular complexity index is 874. The third-order valence-electron chi connectivity index (χ3n) is 5.23. The van der Waals surface area contributed by atoms with Gasteiger partial charge in [-0.3, -0.25) is 19.2 Å². The summed E-state index contributed by atoms with van der Waals surface area (Å²) < 4.78 is 0. The highest BCUT2D eigenvalue weighted by Gasteiger charge is 2.27. The van der Waals surface area contributed by atoms with Crippen molar-refractivity contribution in [2.24, 2.45) is 11.7 Å². The van der Waals surface area contributed by atoms with Crippen LogP contribution in [0.4, 0.5) is 0 Å². The van der Waals surface area contributed by atoms with Crippen molar-refractivity contribution in [1.29, 1.82) is 0 Å². The fourth-order valence-corrected chi connectivity index (χ4v) is 2.96. The summed E-state index contributed by atoms with van der Waals surface area (Å²) in [5, 5.41) is 34.7. The van der Waals surface area contributed by atoms with Gasteiger partial charge < -0.3 is 37.0 Å². The van der Waals surface area contributed by atoms with Gasteiger partial charge in [-0.1, -0.05) is 32.4 Å². The molecule has 34 heavy (non-hydrogen) atoms. The molecule has 0 radical (unpaired) electrons. The monoisotopic (exact) mass is 480 g/mol. The van der Waals surface area contributed by atoms with Gasteiger partial charge in [-0.2, -0.15) is 0 Å². The van der Waals surface area contributed by atoms with E-state index < -0.39 is 54.3 Å². The molecule has 1 aromatic rings. The van der Waals surface area contributed by atoms with Crippen LogP contribution in [0.5, 0.6) is 5.75 Å². The number of aliphatic carboxylic acids is 2. The van der Waals surface area contributed by atoms with Crippen molar-refractivity contribution in [2.75, 3.05) is 6.54 Å². The molecule has 1 rings (SSSR count). The van der Waals surface area contributed by atoms with E-state index in [1.54, 1.807) is 26.0 Å². The molecule has 8 N–H and O–H groups in total. The number of hydrogen-bond acceptors (Lipinski definition) is 7. The lowest BCUT2D eigenvalue weighted by Gasteiger charge is -2.22. The SMILES string of the molecule is CCC(C)C(NC(=O)CNC(=O)C(Cc1ccc(O)cc1)NC(=O)C(N)CCC(=O)O)C(=O)O. The van der Waals surface area contributed by atoms with Crippen LogP contribution in [0.25, 0.3) is 0 Å². The number of carbonyl (C=O) groups is 5. The number of nitrogens with two attached hydrogens (primary N) is 1. The van der Waals surface area contributed by atoms with Gasteiger partial charge in [0.25, 0.3) is 0 Å². The zero-order valence-electron chi connectivity index (χ0n) is 19.1. The summed E-state index contributed by atoms with van der Waals surface area (Å²) in [5.41, 5.74) is 6.30. The minimum absolute atomic E-state index is 0.00422. The predicted octanol–water partition coefficient (Wildman–Crippen LogP) is -0.657. The molecule has 0 aliphatic heterocycles. The highest BCUT2D eigenvalue weighted by atomic mass is 16.4. The van der Waals surface area contributed by atoms with Crippen molar-refractivity contribution < 1.29 is 39.3 Å². The van der Waals surface area contributed by atoms with Gasteiger partial charge in [0.1, 0.15) is 17.8 Å². The van der Waals surface area contributed by atoms with Crippen molar-refractivity contribution in [3.63, 3.8) is 0 Å². The predicted molar refractivity (Wildman–Crippen MR) is 121 cm³/mol. The van der Waals surface area contributed by atoms with Crippen molar-refractivity contribution in [3.8, 4) is 5.75 Å². The van der Waals surface area contributed by atoms with Crippen LogP contribution >= 0.6 is 0 Å². The highest BCUT2D eigenvalue weighted by molar-refractivity contribution is 5.92. The topological polar surface area (TPSA) is 208 Å². The van der Waals surface area contributed by atoms with Crippen LogP contribution < -0.4 is 21.7 Å². The van der Waals surface area contributed by atoms with Crippen LogP contribution in [0.1, 0.15) is 38.7 Å². The molecule has 0 fully saturated rings. The van der Waals surface area contributed by atoms with Crippen molar-refractivity contribution >= 4 is 29.7 Å². The third kappa shape index (κ3) is 9.86. The van der Waals surface area contributed by atoms with Gasteiger partial charge in [0.05, 0.1) is 12.6 Å². The van der Waals surface area contributed by atoms with E-state index in [9.17, 15) is 34.2 Å². The zero-order valence-corrected chi connectivity index (χ0v) is 19.1. The van der Waals surface area contributed by atoms with Crippen molar-refractivity contribution in [1.82, 2.24) is 16.0 Å². The van der Waals surface area contributed by atoms with Gasteiger partial charge in [0, 0.05) is 12.8 Å². The first kappa shape index (κ1) is 28.4. The third-order valence-corrected chi connectivity index (χ3v) is 5.23. The Hall–Kier alpha value is -3.67. The molecule has 0 aliphatic rings. The second-order valence-electron chi connectivity index (χ2n) is 7.96. The number of carboxylic acids is 2. The summed E-state index contributed by atoms with van der Waals surface area (Å²) in [4.78, 5) is 59.4. The molecule has 0 bridgehead atoms. The van der Waals surface area contributed by atoms with E-state index in [0.717, 1.165) is 0 Å².